The molecule has 2 aliphatic rings. The first-order valence-corrected chi connectivity index (χ1v) is 21.4. The number of aromatic nitrogens is 3. The highest BCUT2D eigenvalue weighted by Gasteiger charge is 2.52. The quantitative estimate of drug-likeness (QED) is 0.178. The molecule has 1 spiro atoms. The van der Waals surface area contributed by atoms with E-state index in [0.29, 0.717) is 0 Å². The van der Waals surface area contributed by atoms with Gasteiger partial charge in [0, 0.05) is 39.1 Å². The van der Waals surface area contributed by atoms with Crippen molar-refractivity contribution in [3.63, 3.8) is 0 Å². The number of hydrogen-bond acceptors (Lipinski definition) is 2. The van der Waals surface area contributed by atoms with Crippen molar-refractivity contribution in [2.75, 3.05) is 0 Å². The van der Waals surface area contributed by atoms with Gasteiger partial charge in [-0.1, -0.05) is 163 Å². The van der Waals surface area contributed by atoms with Gasteiger partial charge in [-0.25, -0.2) is 9.97 Å². The molecule has 10 aromatic rings. The molecule has 0 saturated heterocycles. The Morgan fingerprint density at radius 2 is 0.951 bits per heavy atom. The molecule has 2 aromatic heterocycles. The van der Waals surface area contributed by atoms with Crippen molar-refractivity contribution in [2.24, 2.45) is 0 Å². The lowest BCUT2D eigenvalue weighted by Gasteiger charge is -2.44. The van der Waals surface area contributed by atoms with Crippen molar-refractivity contribution in [3.05, 3.63) is 243 Å². The summed E-state index contributed by atoms with van der Waals surface area (Å²) in [5, 5.41) is 2.48. The molecule has 8 aromatic carbocycles. The lowest BCUT2D eigenvalue weighted by molar-refractivity contribution is 0.695. The van der Waals surface area contributed by atoms with Crippen LogP contribution in [0.1, 0.15) is 67.4 Å². The Morgan fingerprint density at radius 1 is 0.443 bits per heavy atom. The maximum atomic E-state index is 5.26. The summed E-state index contributed by atoms with van der Waals surface area (Å²) in [6.07, 6.45) is 0. The average Bonchev–Trinajstić information content (AvgIpc) is 3.79. The van der Waals surface area contributed by atoms with Crippen LogP contribution >= 0.6 is 0 Å². The van der Waals surface area contributed by atoms with Gasteiger partial charge in [0.2, 0.25) is 0 Å². The van der Waals surface area contributed by atoms with E-state index in [1.54, 1.807) is 0 Å². The Kier molecular flexibility index (Phi) is 7.77. The zero-order valence-corrected chi connectivity index (χ0v) is 34.7. The van der Waals surface area contributed by atoms with Gasteiger partial charge in [0.15, 0.2) is 0 Å². The Morgan fingerprint density at radius 3 is 1.54 bits per heavy atom. The number of aryl methyl sites for hydroxylation is 3. The summed E-state index contributed by atoms with van der Waals surface area (Å²) in [6.45, 7) is 8.68. The van der Waals surface area contributed by atoms with E-state index in [9.17, 15) is 0 Å². The van der Waals surface area contributed by atoms with Gasteiger partial charge in [-0.3, -0.25) is 0 Å². The second-order valence-electron chi connectivity index (χ2n) is 17.1. The average molecular weight is 782 g/mol. The van der Waals surface area contributed by atoms with Crippen molar-refractivity contribution in [3.8, 4) is 39.3 Å². The van der Waals surface area contributed by atoms with Gasteiger partial charge in [0.1, 0.15) is 5.82 Å². The zero-order valence-electron chi connectivity index (χ0n) is 34.7. The molecule has 3 heteroatoms. The molecule has 61 heavy (non-hydrogen) atoms. The molecule has 0 bridgehead atoms. The minimum atomic E-state index is -0.468. The van der Waals surface area contributed by atoms with Crippen LogP contribution in [0.3, 0.4) is 0 Å². The number of benzene rings is 8. The smallest absolute Gasteiger partial charge is 0.126 e. The minimum Gasteiger partial charge on any atom is -0.309 e. The standard InChI is InChI=1S/C58H43N3/c1-35-26-28-47-51(30-35)58(49-22-12-8-18-43(49)44-19-9-13-23-50(44)58)52-31-36(2)27-29-48(52)55(47)40-32-41(57-37(3)56(59-38(4)60-57)39-16-6-5-7-17-39)34-42(33-40)61-53-24-14-10-20-45(53)46-21-11-15-25-54(46)61/h5-34,55H,1-4H3. The van der Waals surface area contributed by atoms with E-state index in [0.717, 1.165) is 39.6 Å². The number of para-hydroxylation sites is 2. The van der Waals surface area contributed by atoms with Crippen LogP contribution in [0.15, 0.2) is 182 Å². The maximum Gasteiger partial charge on any atom is 0.126 e. The summed E-state index contributed by atoms with van der Waals surface area (Å²) in [5.74, 6) is 0.698. The van der Waals surface area contributed by atoms with Gasteiger partial charge < -0.3 is 4.57 Å². The SMILES string of the molecule is Cc1ccc2c(c1)C1(c3ccccc3-c3ccccc31)c1cc(C)ccc1C2c1cc(-c2nc(C)nc(-c3ccccc3)c2C)cc(-n2c3ccccc3c3ccccc32)c1. The highest BCUT2D eigenvalue weighted by Crippen LogP contribution is 2.62. The molecular weight excluding hydrogens is 739 g/mol. The van der Waals surface area contributed by atoms with Crippen molar-refractivity contribution in [1.29, 1.82) is 0 Å². The van der Waals surface area contributed by atoms with Crippen molar-refractivity contribution in [2.45, 2.75) is 39.0 Å². The first-order valence-electron chi connectivity index (χ1n) is 21.4. The van der Waals surface area contributed by atoms with Crippen molar-refractivity contribution in [1.82, 2.24) is 14.5 Å². The lowest BCUT2D eigenvalue weighted by atomic mass is 9.58. The summed E-state index contributed by atoms with van der Waals surface area (Å²) < 4.78 is 2.46. The van der Waals surface area contributed by atoms with E-state index in [2.05, 4.69) is 207 Å². The Labute approximate surface area is 356 Å². The Hall–Kier alpha value is -7.36. The van der Waals surface area contributed by atoms with Crippen LogP contribution < -0.4 is 0 Å². The Balaban J connectivity index is 1.19. The molecule has 0 fully saturated rings. The van der Waals surface area contributed by atoms with Crippen LogP contribution in [0.2, 0.25) is 0 Å². The fraction of sp³-hybridized carbons (Fsp3) is 0.103. The minimum absolute atomic E-state index is 0.0552. The lowest BCUT2D eigenvalue weighted by Crippen LogP contribution is -2.36. The third-order valence-electron chi connectivity index (χ3n) is 13.5. The van der Waals surface area contributed by atoms with Gasteiger partial charge in [0.05, 0.1) is 27.8 Å². The molecule has 290 valence electrons. The van der Waals surface area contributed by atoms with Gasteiger partial charge in [-0.2, -0.15) is 0 Å². The van der Waals surface area contributed by atoms with E-state index in [4.69, 9.17) is 9.97 Å². The van der Waals surface area contributed by atoms with Crippen molar-refractivity contribution < 1.29 is 0 Å². The second kappa shape index (κ2) is 13.3. The summed E-state index contributed by atoms with van der Waals surface area (Å²) in [6, 6.07) is 68.0. The predicted octanol–water partition coefficient (Wildman–Crippen LogP) is 14.0. The molecule has 0 amide bonds. The third-order valence-corrected chi connectivity index (χ3v) is 13.5. The maximum absolute atomic E-state index is 5.26. The number of nitrogens with zero attached hydrogens (tertiary/aromatic N) is 3. The fourth-order valence-corrected chi connectivity index (χ4v) is 11.0. The van der Waals surface area contributed by atoms with Gasteiger partial charge >= 0.3 is 0 Å². The fourth-order valence-electron chi connectivity index (χ4n) is 11.0. The molecule has 0 unspecified atom stereocenters. The molecular formula is C58H43N3. The van der Waals surface area contributed by atoms with E-state index >= 15 is 0 Å². The molecule has 2 heterocycles. The van der Waals surface area contributed by atoms with Gasteiger partial charge in [0.25, 0.3) is 0 Å². The van der Waals surface area contributed by atoms with Crippen LogP contribution in [0.25, 0.3) is 61.1 Å². The molecule has 0 aliphatic heterocycles. The Bertz CT molecular complexity index is 3270. The summed E-state index contributed by atoms with van der Waals surface area (Å²) in [7, 11) is 0. The molecule has 3 nitrogen and oxygen atoms in total. The predicted molar refractivity (Wildman–Crippen MR) is 251 cm³/mol. The summed E-state index contributed by atoms with van der Waals surface area (Å²) in [4.78, 5) is 10.3. The van der Waals surface area contributed by atoms with E-state index < -0.39 is 5.41 Å². The second-order valence-corrected chi connectivity index (χ2v) is 17.1. The summed E-state index contributed by atoms with van der Waals surface area (Å²) in [5.41, 5.74) is 22.6. The summed E-state index contributed by atoms with van der Waals surface area (Å²) >= 11 is 0. The number of rotatable bonds is 4. The van der Waals surface area contributed by atoms with Crippen LogP contribution in [0.4, 0.5) is 0 Å². The third kappa shape index (κ3) is 5.10. The van der Waals surface area contributed by atoms with Crippen LogP contribution in [0.5, 0.6) is 0 Å². The normalized spacial score (nSPS) is 13.6. The zero-order chi connectivity index (χ0) is 41.0. The van der Waals surface area contributed by atoms with Crippen LogP contribution in [-0.4, -0.2) is 14.5 Å². The molecule has 12 rings (SSSR count). The largest absolute Gasteiger partial charge is 0.309 e. The van der Waals surface area contributed by atoms with Crippen LogP contribution in [-0.2, 0) is 5.41 Å². The molecule has 0 saturated carbocycles. The molecule has 0 N–H and O–H groups in total. The van der Waals surface area contributed by atoms with E-state index in [-0.39, 0.29) is 5.92 Å². The van der Waals surface area contributed by atoms with E-state index in [1.165, 1.54) is 83.0 Å². The van der Waals surface area contributed by atoms with E-state index in [1.807, 2.05) is 6.92 Å². The van der Waals surface area contributed by atoms with Gasteiger partial charge in [-0.05, 0) is 108 Å². The highest BCUT2D eigenvalue weighted by atomic mass is 15.0. The number of fused-ring (bicyclic) bond motifs is 12. The van der Waals surface area contributed by atoms with Crippen LogP contribution in [0, 0.1) is 27.7 Å². The number of hydrogen-bond donors (Lipinski definition) is 0. The molecule has 0 radical (unpaired) electrons. The molecule has 2 aliphatic carbocycles. The van der Waals surface area contributed by atoms with Gasteiger partial charge in [-0.15, -0.1) is 0 Å². The van der Waals surface area contributed by atoms with Crippen molar-refractivity contribution >= 4 is 21.8 Å². The first-order chi connectivity index (χ1) is 29.9. The molecule has 0 atom stereocenters. The topological polar surface area (TPSA) is 30.7 Å². The first kappa shape index (κ1) is 35.6. The monoisotopic (exact) mass is 781 g/mol. The highest BCUT2D eigenvalue weighted by molar-refractivity contribution is 6.09.